The number of benzene rings is 1. The second-order valence-corrected chi connectivity index (χ2v) is 7.58. The van der Waals surface area contributed by atoms with Crippen LogP contribution in [0, 0.1) is 0 Å². The third-order valence-corrected chi connectivity index (χ3v) is 5.68. The largest absolute Gasteiger partial charge is 0.405 e. The lowest BCUT2D eigenvalue weighted by Crippen LogP contribution is -2.34. The average Bonchev–Trinajstić information content (AvgIpc) is 2.82. The lowest BCUT2D eigenvalue weighted by atomic mass is 10.2. The van der Waals surface area contributed by atoms with Gasteiger partial charge < -0.3 is 5.32 Å². The summed E-state index contributed by atoms with van der Waals surface area (Å²) >= 11 is 0. The van der Waals surface area contributed by atoms with Crippen molar-refractivity contribution in [3.63, 3.8) is 0 Å². The van der Waals surface area contributed by atoms with Gasteiger partial charge in [0, 0.05) is 18.7 Å². The Hall–Kier alpha value is -1.61. The van der Waals surface area contributed by atoms with E-state index in [1.54, 1.807) is 5.32 Å². The van der Waals surface area contributed by atoms with Gasteiger partial charge in [0.2, 0.25) is 10.0 Å². The van der Waals surface area contributed by atoms with Gasteiger partial charge in [-0.3, -0.25) is 4.79 Å². The standard InChI is InChI=1S/C15H19F3N2O3S/c16-15(17,18)11-19-14(21)12-5-7-13(8-6-12)24(22,23)20-9-3-1-2-4-10-20/h5-8H,1-4,9-11H2,(H,19,21). The summed E-state index contributed by atoms with van der Waals surface area (Å²) in [5.74, 6) is -0.897. The zero-order chi connectivity index (χ0) is 17.8. The summed E-state index contributed by atoms with van der Waals surface area (Å²) in [7, 11) is -3.64. The second kappa shape index (κ2) is 7.52. The molecule has 1 saturated heterocycles. The molecular weight excluding hydrogens is 345 g/mol. The molecule has 1 aromatic carbocycles. The molecule has 1 aromatic rings. The number of rotatable bonds is 4. The van der Waals surface area contributed by atoms with Gasteiger partial charge in [0.1, 0.15) is 6.54 Å². The van der Waals surface area contributed by atoms with Crippen LogP contribution in [0.1, 0.15) is 36.0 Å². The zero-order valence-corrected chi connectivity index (χ0v) is 13.8. The molecule has 1 N–H and O–H groups in total. The molecule has 1 amide bonds. The van der Waals surface area contributed by atoms with Crippen LogP contribution in [0.15, 0.2) is 29.2 Å². The SMILES string of the molecule is O=C(NCC(F)(F)F)c1ccc(S(=O)(=O)N2CCCCCC2)cc1. The van der Waals surface area contributed by atoms with Crippen molar-refractivity contribution < 1.29 is 26.4 Å². The van der Waals surface area contributed by atoms with Crippen LogP contribution in [0.4, 0.5) is 13.2 Å². The van der Waals surface area contributed by atoms with Gasteiger partial charge in [-0.05, 0) is 37.1 Å². The minimum absolute atomic E-state index is 0.0194. The van der Waals surface area contributed by atoms with Crippen LogP contribution in [0.5, 0.6) is 0 Å². The summed E-state index contributed by atoms with van der Waals surface area (Å²) in [6.45, 7) is -0.522. The van der Waals surface area contributed by atoms with Gasteiger partial charge >= 0.3 is 6.18 Å². The van der Waals surface area contributed by atoms with Crippen LogP contribution in [0.2, 0.25) is 0 Å². The molecule has 0 atom stereocenters. The predicted molar refractivity (Wildman–Crippen MR) is 82.1 cm³/mol. The second-order valence-electron chi connectivity index (χ2n) is 5.64. The summed E-state index contributed by atoms with van der Waals surface area (Å²) in [5, 5.41) is 1.74. The van der Waals surface area contributed by atoms with Crippen LogP contribution in [0.25, 0.3) is 0 Å². The predicted octanol–water partition coefficient (Wildman–Crippen LogP) is 2.54. The number of alkyl halides is 3. The fourth-order valence-electron chi connectivity index (χ4n) is 2.49. The number of hydrogen-bond donors (Lipinski definition) is 1. The molecule has 9 heteroatoms. The zero-order valence-electron chi connectivity index (χ0n) is 13.0. The lowest BCUT2D eigenvalue weighted by Gasteiger charge is -2.20. The number of halogens is 3. The molecule has 1 aliphatic rings. The topological polar surface area (TPSA) is 66.5 Å². The Morgan fingerprint density at radius 2 is 1.58 bits per heavy atom. The first-order valence-corrected chi connectivity index (χ1v) is 9.09. The van der Waals surface area contributed by atoms with E-state index in [0.29, 0.717) is 13.1 Å². The Labute approximate surface area is 138 Å². The maximum Gasteiger partial charge on any atom is 0.405 e. The summed E-state index contributed by atoms with van der Waals surface area (Å²) in [5.41, 5.74) is -0.0194. The maximum absolute atomic E-state index is 12.6. The van der Waals surface area contributed by atoms with Crippen LogP contribution >= 0.6 is 0 Å². The molecule has 134 valence electrons. The quantitative estimate of drug-likeness (QED) is 0.893. The Bertz CT molecular complexity index is 664. The smallest absolute Gasteiger partial charge is 0.343 e. The van der Waals surface area contributed by atoms with E-state index in [9.17, 15) is 26.4 Å². The van der Waals surface area contributed by atoms with Crippen LogP contribution in [-0.4, -0.2) is 44.4 Å². The van der Waals surface area contributed by atoms with Gasteiger partial charge in [-0.2, -0.15) is 17.5 Å². The molecule has 0 bridgehead atoms. The fraction of sp³-hybridized carbons (Fsp3) is 0.533. The fourth-order valence-corrected chi connectivity index (χ4v) is 4.01. The third-order valence-electron chi connectivity index (χ3n) is 3.77. The molecule has 2 rings (SSSR count). The maximum atomic E-state index is 12.6. The Morgan fingerprint density at radius 3 is 2.08 bits per heavy atom. The molecule has 1 fully saturated rings. The molecule has 1 heterocycles. The Kier molecular flexibility index (Phi) is 5.87. The number of carbonyl (C=O) groups excluding carboxylic acids is 1. The van der Waals surface area contributed by atoms with Gasteiger partial charge in [0.25, 0.3) is 5.91 Å². The van der Waals surface area contributed by atoms with E-state index in [-0.39, 0.29) is 10.5 Å². The monoisotopic (exact) mass is 364 g/mol. The van der Waals surface area contributed by atoms with E-state index in [4.69, 9.17) is 0 Å². The molecule has 1 aliphatic heterocycles. The van der Waals surface area contributed by atoms with Crippen molar-refractivity contribution in [3.05, 3.63) is 29.8 Å². The normalized spacial score (nSPS) is 17.3. The van der Waals surface area contributed by atoms with Gasteiger partial charge in [0.15, 0.2) is 0 Å². The van der Waals surface area contributed by atoms with E-state index >= 15 is 0 Å². The van der Waals surface area contributed by atoms with Crippen molar-refractivity contribution in [2.24, 2.45) is 0 Å². The molecule has 5 nitrogen and oxygen atoms in total. The Balaban J connectivity index is 2.09. The summed E-state index contributed by atoms with van der Waals surface area (Å²) in [6.07, 6.45) is -0.908. The molecule has 0 saturated carbocycles. The van der Waals surface area contributed by atoms with E-state index in [0.717, 1.165) is 25.7 Å². The number of nitrogens with one attached hydrogen (secondary N) is 1. The summed E-state index contributed by atoms with van der Waals surface area (Å²) in [4.78, 5) is 11.7. The van der Waals surface area contributed by atoms with Crippen LogP contribution in [0.3, 0.4) is 0 Å². The first-order valence-electron chi connectivity index (χ1n) is 7.65. The van der Waals surface area contributed by atoms with Crippen LogP contribution < -0.4 is 5.32 Å². The molecule has 0 aromatic heterocycles. The minimum Gasteiger partial charge on any atom is -0.343 e. The molecule has 0 radical (unpaired) electrons. The number of nitrogens with zero attached hydrogens (tertiary/aromatic N) is 1. The van der Waals surface area contributed by atoms with E-state index in [1.807, 2.05) is 0 Å². The van der Waals surface area contributed by atoms with Crippen molar-refractivity contribution in [2.45, 2.75) is 36.8 Å². The molecular formula is C15H19F3N2O3S. The van der Waals surface area contributed by atoms with Gasteiger partial charge in [-0.15, -0.1) is 0 Å². The van der Waals surface area contributed by atoms with Crippen LogP contribution in [-0.2, 0) is 10.0 Å². The lowest BCUT2D eigenvalue weighted by molar-refractivity contribution is -0.123. The molecule has 0 spiro atoms. The number of sulfonamides is 1. The first-order chi connectivity index (χ1) is 11.2. The third kappa shape index (κ3) is 4.94. The number of amides is 1. The molecule has 0 unspecified atom stereocenters. The molecule has 24 heavy (non-hydrogen) atoms. The van der Waals surface area contributed by atoms with Crippen molar-refractivity contribution in [2.75, 3.05) is 19.6 Å². The highest BCUT2D eigenvalue weighted by molar-refractivity contribution is 7.89. The highest BCUT2D eigenvalue weighted by atomic mass is 32.2. The summed E-state index contributed by atoms with van der Waals surface area (Å²) < 4.78 is 62.8. The Morgan fingerprint density at radius 1 is 1.04 bits per heavy atom. The molecule has 0 aliphatic carbocycles. The van der Waals surface area contributed by atoms with Crippen molar-refractivity contribution in [1.29, 1.82) is 0 Å². The van der Waals surface area contributed by atoms with Gasteiger partial charge in [0.05, 0.1) is 4.90 Å². The minimum atomic E-state index is -4.49. The van der Waals surface area contributed by atoms with Crippen molar-refractivity contribution in [3.8, 4) is 0 Å². The van der Waals surface area contributed by atoms with E-state index in [2.05, 4.69) is 0 Å². The van der Waals surface area contributed by atoms with Gasteiger partial charge in [-0.25, -0.2) is 8.42 Å². The van der Waals surface area contributed by atoms with E-state index in [1.165, 1.54) is 28.6 Å². The highest BCUT2D eigenvalue weighted by Crippen LogP contribution is 2.21. The highest BCUT2D eigenvalue weighted by Gasteiger charge is 2.28. The first kappa shape index (κ1) is 18.7. The average molecular weight is 364 g/mol. The van der Waals surface area contributed by atoms with Crippen molar-refractivity contribution >= 4 is 15.9 Å². The van der Waals surface area contributed by atoms with Gasteiger partial charge in [-0.1, -0.05) is 12.8 Å². The number of carbonyl (C=O) groups is 1. The van der Waals surface area contributed by atoms with E-state index < -0.39 is 28.7 Å². The summed E-state index contributed by atoms with van der Waals surface area (Å²) in [6, 6.07) is 4.94. The van der Waals surface area contributed by atoms with Crippen molar-refractivity contribution in [1.82, 2.24) is 9.62 Å². The number of hydrogen-bond acceptors (Lipinski definition) is 3.